The number of carboxylic acid groups (broad SMARTS) is 1. The van der Waals surface area contributed by atoms with Gasteiger partial charge >= 0.3 is 5.97 Å². The van der Waals surface area contributed by atoms with Gasteiger partial charge in [-0.15, -0.1) is 6.58 Å². The molecule has 0 heterocycles. The van der Waals surface area contributed by atoms with Crippen LogP contribution in [0.25, 0.3) is 0 Å². The molecule has 0 aromatic heterocycles. The summed E-state index contributed by atoms with van der Waals surface area (Å²) in [5.41, 5.74) is -0.222. The van der Waals surface area contributed by atoms with Crippen molar-refractivity contribution in [1.29, 1.82) is 0 Å². The van der Waals surface area contributed by atoms with Crippen LogP contribution in [0.4, 0.5) is 0 Å². The molecule has 92 valence electrons. The molecule has 1 unspecified atom stereocenters. The lowest BCUT2D eigenvalue weighted by atomic mass is 9.85. The van der Waals surface area contributed by atoms with Gasteiger partial charge in [-0.1, -0.05) is 49.8 Å². The maximum Gasteiger partial charge on any atom is 0.328 e. The largest absolute Gasteiger partial charge is 0.480 e. The van der Waals surface area contributed by atoms with Crippen LogP contribution >= 0.6 is 0 Å². The first kappa shape index (κ1) is 13.5. The zero-order valence-electron chi connectivity index (χ0n) is 10.1. The van der Waals surface area contributed by atoms with Crippen LogP contribution in [-0.4, -0.2) is 17.6 Å². The Hall–Kier alpha value is -1.61. The number of hydrogen-bond acceptors (Lipinski definition) is 2. The average molecular weight is 233 g/mol. The fourth-order valence-electron chi connectivity index (χ4n) is 1.98. The van der Waals surface area contributed by atoms with E-state index in [1.807, 2.05) is 37.3 Å². The second kappa shape index (κ2) is 6.21. The van der Waals surface area contributed by atoms with Gasteiger partial charge in [-0.25, -0.2) is 4.79 Å². The number of aliphatic carboxylic acids is 1. The fraction of sp³-hybridized carbons (Fsp3) is 0.357. The summed E-state index contributed by atoms with van der Waals surface area (Å²) in [7, 11) is 0. The van der Waals surface area contributed by atoms with Crippen molar-refractivity contribution < 1.29 is 9.90 Å². The van der Waals surface area contributed by atoms with Gasteiger partial charge in [0.1, 0.15) is 5.54 Å². The van der Waals surface area contributed by atoms with Crippen molar-refractivity contribution in [3.8, 4) is 0 Å². The third-order valence-corrected chi connectivity index (χ3v) is 2.80. The van der Waals surface area contributed by atoms with E-state index < -0.39 is 11.5 Å². The molecule has 1 atom stereocenters. The summed E-state index contributed by atoms with van der Waals surface area (Å²) in [6.45, 7) is 6.08. The van der Waals surface area contributed by atoms with Crippen LogP contribution in [0, 0.1) is 0 Å². The monoisotopic (exact) mass is 233 g/mol. The molecule has 1 aromatic carbocycles. The Morgan fingerprint density at radius 3 is 2.59 bits per heavy atom. The molecule has 3 nitrogen and oxygen atoms in total. The number of nitrogens with one attached hydrogen (secondary N) is 1. The Morgan fingerprint density at radius 2 is 2.12 bits per heavy atom. The molecular formula is C14H19NO2. The first-order valence-corrected chi connectivity index (χ1v) is 5.82. The van der Waals surface area contributed by atoms with E-state index in [4.69, 9.17) is 0 Å². The van der Waals surface area contributed by atoms with Gasteiger partial charge in [0.15, 0.2) is 0 Å². The van der Waals surface area contributed by atoms with Crippen molar-refractivity contribution >= 4 is 5.97 Å². The third kappa shape index (κ3) is 2.94. The fourth-order valence-corrected chi connectivity index (χ4v) is 1.98. The molecule has 0 spiro atoms. The number of carboxylic acids is 1. The summed E-state index contributed by atoms with van der Waals surface area (Å²) in [6.07, 6.45) is 3.03. The highest BCUT2D eigenvalue weighted by Gasteiger charge is 2.38. The van der Waals surface area contributed by atoms with E-state index in [0.29, 0.717) is 13.0 Å². The van der Waals surface area contributed by atoms with Gasteiger partial charge < -0.3 is 5.11 Å². The molecule has 2 N–H and O–H groups in total. The predicted octanol–water partition coefficient (Wildman–Crippen LogP) is 2.54. The van der Waals surface area contributed by atoms with Crippen molar-refractivity contribution in [3.05, 3.63) is 48.6 Å². The highest BCUT2D eigenvalue weighted by atomic mass is 16.4. The summed E-state index contributed by atoms with van der Waals surface area (Å²) in [6, 6.07) is 9.30. The molecule has 0 aliphatic heterocycles. The minimum absolute atomic E-state index is 0.473. The van der Waals surface area contributed by atoms with Crippen LogP contribution < -0.4 is 5.32 Å². The van der Waals surface area contributed by atoms with Crippen molar-refractivity contribution in [2.75, 3.05) is 6.54 Å². The Bertz CT molecular complexity index is 375. The average Bonchev–Trinajstić information content (AvgIpc) is 2.35. The van der Waals surface area contributed by atoms with E-state index in [9.17, 15) is 9.90 Å². The number of rotatable bonds is 7. The minimum atomic E-state index is -1.01. The molecule has 0 saturated heterocycles. The molecule has 0 aliphatic carbocycles. The second-order valence-electron chi connectivity index (χ2n) is 4.00. The smallest absolute Gasteiger partial charge is 0.328 e. The zero-order chi connectivity index (χ0) is 12.7. The molecule has 0 saturated carbocycles. The topological polar surface area (TPSA) is 49.3 Å². The molecule has 0 fully saturated rings. The number of hydrogen-bond donors (Lipinski definition) is 2. The van der Waals surface area contributed by atoms with E-state index in [1.54, 1.807) is 6.08 Å². The highest BCUT2D eigenvalue weighted by Crippen LogP contribution is 2.27. The van der Waals surface area contributed by atoms with E-state index in [-0.39, 0.29) is 0 Å². The standard InChI is InChI=1S/C14H19NO2/c1-3-10-14(13(16)17,15-11-4-2)12-8-6-5-7-9-12/h4-9,15H,2-3,10-11H2,1H3,(H,16,17). The number of carbonyl (C=O) groups is 1. The van der Waals surface area contributed by atoms with Crippen LogP contribution in [0.3, 0.4) is 0 Å². The van der Waals surface area contributed by atoms with Gasteiger partial charge in [-0.3, -0.25) is 5.32 Å². The molecular weight excluding hydrogens is 214 g/mol. The van der Waals surface area contributed by atoms with Crippen molar-refractivity contribution in [1.82, 2.24) is 5.32 Å². The van der Waals surface area contributed by atoms with Crippen LogP contribution in [0.2, 0.25) is 0 Å². The Balaban J connectivity index is 3.14. The molecule has 3 heteroatoms. The molecule has 1 aromatic rings. The van der Waals surface area contributed by atoms with E-state index in [0.717, 1.165) is 12.0 Å². The SMILES string of the molecule is C=CCNC(CCC)(C(=O)O)c1ccccc1. The summed E-state index contributed by atoms with van der Waals surface area (Å²) in [5.74, 6) is -0.840. The molecule has 0 radical (unpaired) electrons. The molecule has 1 rings (SSSR count). The van der Waals surface area contributed by atoms with Crippen molar-refractivity contribution in [3.63, 3.8) is 0 Å². The van der Waals surface area contributed by atoms with Gasteiger partial charge in [0.05, 0.1) is 0 Å². The van der Waals surface area contributed by atoms with E-state index in [1.165, 1.54) is 0 Å². The first-order chi connectivity index (χ1) is 8.17. The maximum absolute atomic E-state index is 11.6. The normalized spacial score (nSPS) is 13.9. The van der Waals surface area contributed by atoms with Crippen LogP contribution in [-0.2, 0) is 10.3 Å². The Kier molecular flexibility index (Phi) is 4.91. The van der Waals surface area contributed by atoms with Crippen LogP contribution in [0.5, 0.6) is 0 Å². The van der Waals surface area contributed by atoms with Gasteiger partial charge in [-0.05, 0) is 12.0 Å². The van der Waals surface area contributed by atoms with Gasteiger partial charge in [0, 0.05) is 6.54 Å². The quantitative estimate of drug-likeness (QED) is 0.711. The summed E-state index contributed by atoms with van der Waals surface area (Å²) in [5, 5.41) is 12.6. The molecule has 17 heavy (non-hydrogen) atoms. The summed E-state index contributed by atoms with van der Waals surface area (Å²) >= 11 is 0. The molecule has 0 aliphatic rings. The second-order valence-corrected chi connectivity index (χ2v) is 4.00. The van der Waals surface area contributed by atoms with Gasteiger partial charge in [-0.2, -0.15) is 0 Å². The third-order valence-electron chi connectivity index (χ3n) is 2.80. The lowest BCUT2D eigenvalue weighted by Crippen LogP contribution is -2.49. The Labute approximate surface area is 102 Å². The van der Waals surface area contributed by atoms with Crippen molar-refractivity contribution in [2.24, 2.45) is 0 Å². The highest BCUT2D eigenvalue weighted by molar-refractivity contribution is 5.80. The maximum atomic E-state index is 11.6. The van der Waals surface area contributed by atoms with Crippen LogP contribution in [0.1, 0.15) is 25.3 Å². The van der Waals surface area contributed by atoms with Gasteiger partial charge in [0.2, 0.25) is 0 Å². The lowest BCUT2D eigenvalue weighted by molar-refractivity contribution is -0.145. The van der Waals surface area contributed by atoms with E-state index >= 15 is 0 Å². The van der Waals surface area contributed by atoms with Gasteiger partial charge in [0.25, 0.3) is 0 Å². The summed E-state index contributed by atoms with van der Waals surface area (Å²) < 4.78 is 0. The lowest BCUT2D eigenvalue weighted by Gasteiger charge is -2.30. The summed E-state index contributed by atoms with van der Waals surface area (Å²) in [4.78, 5) is 11.6. The minimum Gasteiger partial charge on any atom is -0.480 e. The van der Waals surface area contributed by atoms with Crippen LogP contribution in [0.15, 0.2) is 43.0 Å². The van der Waals surface area contributed by atoms with Crippen molar-refractivity contribution in [2.45, 2.75) is 25.3 Å². The number of benzene rings is 1. The molecule has 0 amide bonds. The molecule has 0 bridgehead atoms. The Morgan fingerprint density at radius 1 is 1.47 bits per heavy atom. The van der Waals surface area contributed by atoms with E-state index in [2.05, 4.69) is 11.9 Å². The first-order valence-electron chi connectivity index (χ1n) is 5.82. The zero-order valence-corrected chi connectivity index (χ0v) is 10.1. The predicted molar refractivity (Wildman–Crippen MR) is 68.9 cm³/mol.